The smallest absolute Gasteiger partial charge is 0.347 e. The van der Waals surface area contributed by atoms with Crippen LogP contribution in [-0.4, -0.2) is 56.7 Å². The minimum absolute atomic E-state index is 0.0817. The first-order valence-corrected chi connectivity index (χ1v) is 6.05. The normalized spacial score (nSPS) is 16.6. The number of carbonyl (C=O) groups is 2. The molecule has 108 valence electrons. The zero-order valence-electron chi connectivity index (χ0n) is 11.0. The van der Waals surface area contributed by atoms with Crippen molar-refractivity contribution in [2.75, 3.05) is 19.7 Å². The Morgan fingerprint density at radius 3 is 2.80 bits per heavy atom. The lowest BCUT2D eigenvalue weighted by atomic mass is 9.96. The second kappa shape index (κ2) is 5.41. The van der Waals surface area contributed by atoms with E-state index in [1.54, 1.807) is 13.0 Å². The third-order valence-corrected chi connectivity index (χ3v) is 3.04. The fourth-order valence-electron chi connectivity index (χ4n) is 2.02. The molecule has 0 radical (unpaired) electrons. The van der Waals surface area contributed by atoms with Crippen LogP contribution in [0.3, 0.4) is 0 Å². The molecule has 20 heavy (non-hydrogen) atoms. The molecule has 1 aliphatic heterocycles. The van der Waals surface area contributed by atoms with Crippen molar-refractivity contribution in [2.24, 2.45) is 0 Å². The maximum Gasteiger partial charge on any atom is 0.347 e. The predicted molar refractivity (Wildman–Crippen MR) is 67.1 cm³/mol. The van der Waals surface area contributed by atoms with Crippen molar-refractivity contribution >= 4 is 11.9 Å². The molecule has 1 saturated heterocycles. The van der Waals surface area contributed by atoms with Crippen LogP contribution < -0.4 is 5.69 Å². The number of aromatic nitrogens is 2. The van der Waals surface area contributed by atoms with E-state index in [1.807, 2.05) is 0 Å². The van der Waals surface area contributed by atoms with Crippen LogP contribution in [0.15, 0.2) is 23.3 Å². The van der Waals surface area contributed by atoms with Gasteiger partial charge in [-0.1, -0.05) is 0 Å². The Bertz CT molecular complexity index is 576. The number of hydrogen-bond donors (Lipinski definition) is 1. The number of likely N-dealkylation sites (tertiary alicyclic amines) is 1. The second-order valence-electron chi connectivity index (χ2n) is 4.91. The number of carbonyl (C=O) groups excluding carboxylic acids is 1. The summed E-state index contributed by atoms with van der Waals surface area (Å²) in [4.78, 5) is 38.8. The number of aliphatic carboxylic acids is 1. The van der Waals surface area contributed by atoms with E-state index in [2.05, 4.69) is 4.98 Å². The summed E-state index contributed by atoms with van der Waals surface area (Å²) in [5, 5.41) is 8.55. The van der Waals surface area contributed by atoms with Crippen LogP contribution in [0.2, 0.25) is 0 Å². The Balaban J connectivity index is 1.86. The first kappa shape index (κ1) is 14.2. The standard InChI is InChI=1S/C12H15N3O5/c1-12(20-6-10(17)18)7-15(8-12)9(16)5-14-4-2-3-13-11(14)19/h2-4H,5-8H2,1H3,(H,17,18). The highest BCUT2D eigenvalue weighted by atomic mass is 16.5. The maximum atomic E-state index is 11.9. The van der Waals surface area contributed by atoms with Gasteiger partial charge in [0.15, 0.2) is 0 Å². The number of carboxylic acids is 1. The van der Waals surface area contributed by atoms with Gasteiger partial charge < -0.3 is 14.7 Å². The molecule has 0 saturated carbocycles. The van der Waals surface area contributed by atoms with Crippen molar-refractivity contribution in [3.8, 4) is 0 Å². The van der Waals surface area contributed by atoms with E-state index in [9.17, 15) is 14.4 Å². The zero-order chi connectivity index (χ0) is 14.8. The molecule has 1 fully saturated rings. The van der Waals surface area contributed by atoms with Crippen molar-refractivity contribution in [2.45, 2.75) is 19.1 Å². The third kappa shape index (κ3) is 3.21. The summed E-state index contributed by atoms with van der Waals surface area (Å²) >= 11 is 0. The Hall–Kier alpha value is -2.22. The quantitative estimate of drug-likeness (QED) is 0.738. The number of ether oxygens (including phenoxy) is 1. The molecule has 0 aromatic carbocycles. The highest BCUT2D eigenvalue weighted by Gasteiger charge is 2.42. The Morgan fingerprint density at radius 2 is 2.20 bits per heavy atom. The van der Waals surface area contributed by atoms with Crippen molar-refractivity contribution in [3.05, 3.63) is 28.9 Å². The zero-order valence-corrected chi connectivity index (χ0v) is 11.0. The molecule has 2 heterocycles. The number of hydrogen-bond acceptors (Lipinski definition) is 5. The van der Waals surface area contributed by atoms with Gasteiger partial charge >= 0.3 is 11.7 Å². The van der Waals surface area contributed by atoms with Crippen molar-refractivity contribution < 1.29 is 19.4 Å². The summed E-state index contributed by atoms with van der Waals surface area (Å²) in [7, 11) is 0. The molecule has 0 bridgehead atoms. The molecule has 8 nitrogen and oxygen atoms in total. The van der Waals surface area contributed by atoms with Gasteiger partial charge in [-0.3, -0.25) is 9.36 Å². The van der Waals surface area contributed by atoms with Gasteiger partial charge in [0.1, 0.15) is 18.8 Å². The van der Waals surface area contributed by atoms with Gasteiger partial charge in [0.05, 0.1) is 13.1 Å². The average molecular weight is 281 g/mol. The lowest BCUT2D eigenvalue weighted by Gasteiger charge is -2.47. The molecule has 1 aliphatic rings. The van der Waals surface area contributed by atoms with E-state index in [-0.39, 0.29) is 19.1 Å². The maximum absolute atomic E-state index is 11.9. The molecule has 0 aliphatic carbocycles. The van der Waals surface area contributed by atoms with Gasteiger partial charge in [-0.2, -0.15) is 0 Å². The molecule has 1 amide bonds. The summed E-state index contributed by atoms with van der Waals surface area (Å²) in [6.45, 7) is 1.90. The molecular formula is C12H15N3O5. The van der Waals surface area contributed by atoms with Crippen LogP contribution in [0.1, 0.15) is 6.92 Å². The molecule has 1 aromatic heterocycles. The molecule has 2 rings (SSSR count). The number of amides is 1. The SMILES string of the molecule is CC1(OCC(=O)O)CN(C(=O)Cn2cccnc2=O)C1. The minimum atomic E-state index is -1.04. The molecule has 1 aromatic rings. The van der Waals surface area contributed by atoms with Crippen molar-refractivity contribution in [1.29, 1.82) is 0 Å². The molecular weight excluding hydrogens is 266 g/mol. The predicted octanol–water partition coefficient (Wildman–Crippen LogP) is -1.05. The third-order valence-electron chi connectivity index (χ3n) is 3.04. The summed E-state index contributed by atoms with van der Waals surface area (Å²) in [6, 6.07) is 1.57. The van der Waals surface area contributed by atoms with Crippen LogP contribution in [0.5, 0.6) is 0 Å². The Labute approximate surface area is 114 Å². The largest absolute Gasteiger partial charge is 0.480 e. The van der Waals surface area contributed by atoms with Crippen LogP contribution in [0.25, 0.3) is 0 Å². The first-order chi connectivity index (χ1) is 9.39. The van der Waals surface area contributed by atoms with E-state index in [0.29, 0.717) is 13.1 Å². The van der Waals surface area contributed by atoms with Crippen molar-refractivity contribution in [1.82, 2.24) is 14.5 Å². The van der Waals surface area contributed by atoms with E-state index in [1.165, 1.54) is 21.9 Å². The van der Waals surface area contributed by atoms with E-state index >= 15 is 0 Å². The van der Waals surface area contributed by atoms with Crippen LogP contribution in [-0.2, 0) is 20.9 Å². The van der Waals surface area contributed by atoms with Crippen LogP contribution in [0, 0.1) is 0 Å². The van der Waals surface area contributed by atoms with Crippen LogP contribution >= 0.6 is 0 Å². The molecule has 0 unspecified atom stereocenters. The van der Waals surface area contributed by atoms with E-state index in [0.717, 1.165) is 0 Å². The molecule has 8 heteroatoms. The molecule has 0 atom stereocenters. The first-order valence-electron chi connectivity index (χ1n) is 6.05. The Kier molecular flexibility index (Phi) is 3.84. The highest BCUT2D eigenvalue weighted by molar-refractivity contribution is 5.77. The number of carboxylic acid groups (broad SMARTS) is 1. The van der Waals surface area contributed by atoms with Gasteiger partial charge in [0, 0.05) is 12.4 Å². The lowest BCUT2D eigenvalue weighted by molar-refractivity contribution is -0.173. The van der Waals surface area contributed by atoms with Gasteiger partial charge in [0.25, 0.3) is 0 Å². The van der Waals surface area contributed by atoms with E-state index in [4.69, 9.17) is 9.84 Å². The monoisotopic (exact) mass is 281 g/mol. The second-order valence-corrected chi connectivity index (χ2v) is 4.91. The molecule has 1 N–H and O–H groups in total. The number of rotatable bonds is 5. The summed E-state index contributed by atoms with van der Waals surface area (Å²) < 4.78 is 6.43. The van der Waals surface area contributed by atoms with Gasteiger partial charge in [-0.05, 0) is 13.0 Å². The van der Waals surface area contributed by atoms with Crippen LogP contribution in [0.4, 0.5) is 0 Å². The van der Waals surface area contributed by atoms with Gasteiger partial charge in [0.2, 0.25) is 5.91 Å². The topological polar surface area (TPSA) is 102 Å². The lowest BCUT2D eigenvalue weighted by Crippen LogP contribution is -2.64. The van der Waals surface area contributed by atoms with E-state index < -0.39 is 17.3 Å². The fraction of sp³-hybridized carbons (Fsp3) is 0.500. The average Bonchev–Trinajstić information content (AvgIpc) is 2.35. The summed E-state index contributed by atoms with van der Waals surface area (Å²) in [5.41, 5.74) is -1.11. The molecule has 0 spiro atoms. The summed E-state index contributed by atoms with van der Waals surface area (Å²) in [5.74, 6) is -1.27. The van der Waals surface area contributed by atoms with Gasteiger partial charge in [-0.15, -0.1) is 0 Å². The van der Waals surface area contributed by atoms with Crippen molar-refractivity contribution in [3.63, 3.8) is 0 Å². The minimum Gasteiger partial charge on any atom is -0.480 e. The highest BCUT2D eigenvalue weighted by Crippen LogP contribution is 2.24. The number of nitrogens with zero attached hydrogens (tertiary/aromatic N) is 3. The summed E-state index contributed by atoms with van der Waals surface area (Å²) in [6.07, 6.45) is 2.86. The fourth-order valence-corrected chi connectivity index (χ4v) is 2.02. The Morgan fingerprint density at radius 1 is 1.50 bits per heavy atom. The van der Waals surface area contributed by atoms with Gasteiger partial charge in [-0.25, -0.2) is 14.6 Å².